The molecule has 0 amide bonds. The molecule has 1 aromatic heterocycles. The highest BCUT2D eigenvalue weighted by molar-refractivity contribution is 6.31. The fourth-order valence-electron chi connectivity index (χ4n) is 2.93. The molecule has 2 aromatic rings. The SMILES string of the molecule is CC(O)CN1CCN(c2ccnc3cc(Cl)ccc23)CC1. The zero-order valence-corrected chi connectivity index (χ0v) is 12.9. The molecule has 1 aromatic carbocycles. The van der Waals surface area contributed by atoms with Gasteiger partial charge in [0, 0.05) is 55.0 Å². The van der Waals surface area contributed by atoms with Crippen molar-refractivity contribution in [1.82, 2.24) is 9.88 Å². The van der Waals surface area contributed by atoms with Crippen molar-refractivity contribution in [3.63, 3.8) is 0 Å². The van der Waals surface area contributed by atoms with Crippen LogP contribution in [-0.4, -0.2) is 53.8 Å². The number of β-amino-alcohol motifs (C(OH)–C–C–N with tert-alkyl or cyclic N) is 1. The number of halogens is 1. The topological polar surface area (TPSA) is 39.6 Å². The lowest BCUT2D eigenvalue weighted by Crippen LogP contribution is -2.48. The van der Waals surface area contributed by atoms with Crippen LogP contribution in [0.1, 0.15) is 6.92 Å². The molecular weight excluding hydrogens is 286 g/mol. The zero-order chi connectivity index (χ0) is 14.8. The first-order valence-electron chi connectivity index (χ1n) is 7.33. The van der Waals surface area contributed by atoms with Crippen molar-refractivity contribution in [1.29, 1.82) is 0 Å². The summed E-state index contributed by atoms with van der Waals surface area (Å²) in [6.07, 6.45) is 1.58. The number of aromatic nitrogens is 1. The Morgan fingerprint density at radius 1 is 1.24 bits per heavy atom. The summed E-state index contributed by atoms with van der Waals surface area (Å²) in [5.74, 6) is 0. The second-order valence-corrected chi connectivity index (χ2v) is 6.06. The maximum Gasteiger partial charge on any atom is 0.0737 e. The molecule has 1 atom stereocenters. The molecule has 0 spiro atoms. The Labute approximate surface area is 129 Å². The fourth-order valence-corrected chi connectivity index (χ4v) is 3.09. The van der Waals surface area contributed by atoms with E-state index in [9.17, 15) is 5.11 Å². The molecule has 5 heteroatoms. The maximum absolute atomic E-state index is 9.48. The summed E-state index contributed by atoms with van der Waals surface area (Å²) in [4.78, 5) is 9.09. The smallest absolute Gasteiger partial charge is 0.0737 e. The average molecular weight is 306 g/mol. The molecule has 1 saturated heterocycles. The lowest BCUT2D eigenvalue weighted by Gasteiger charge is -2.37. The number of fused-ring (bicyclic) bond motifs is 1. The molecule has 1 aliphatic heterocycles. The Kier molecular flexibility index (Phi) is 4.29. The van der Waals surface area contributed by atoms with Crippen LogP contribution in [0.3, 0.4) is 0 Å². The first kappa shape index (κ1) is 14.6. The Hall–Kier alpha value is -1.36. The van der Waals surface area contributed by atoms with Crippen LogP contribution in [0.5, 0.6) is 0 Å². The number of pyridine rings is 1. The van der Waals surface area contributed by atoms with E-state index in [4.69, 9.17) is 11.6 Å². The summed E-state index contributed by atoms with van der Waals surface area (Å²) in [6, 6.07) is 7.94. The van der Waals surface area contributed by atoms with Crippen molar-refractivity contribution < 1.29 is 5.11 Å². The zero-order valence-electron chi connectivity index (χ0n) is 12.2. The van der Waals surface area contributed by atoms with Crippen LogP contribution in [0, 0.1) is 0 Å². The molecule has 1 aliphatic rings. The van der Waals surface area contributed by atoms with Gasteiger partial charge in [0.05, 0.1) is 11.6 Å². The Bertz CT molecular complexity index is 624. The first-order chi connectivity index (χ1) is 10.1. The minimum absolute atomic E-state index is 0.263. The van der Waals surface area contributed by atoms with E-state index in [2.05, 4.69) is 20.9 Å². The average Bonchev–Trinajstić information content (AvgIpc) is 2.46. The van der Waals surface area contributed by atoms with Crippen molar-refractivity contribution in [2.75, 3.05) is 37.6 Å². The first-order valence-corrected chi connectivity index (χ1v) is 7.71. The number of anilines is 1. The standard InChI is InChI=1S/C16H20ClN3O/c1-12(21)11-19-6-8-20(9-7-19)16-4-5-18-15-10-13(17)2-3-14(15)16/h2-5,10,12,21H,6-9,11H2,1H3. The molecule has 3 rings (SSSR count). The number of rotatable bonds is 3. The van der Waals surface area contributed by atoms with Crippen LogP contribution in [0.2, 0.25) is 5.02 Å². The van der Waals surface area contributed by atoms with Gasteiger partial charge < -0.3 is 10.0 Å². The summed E-state index contributed by atoms with van der Waals surface area (Å²) >= 11 is 6.04. The van der Waals surface area contributed by atoms with E-state index in [0.717, 1.165) is 43.6 Å². The number of aliphatic hydroxyl groups is 1. The molecule has 1 unspecified atom stereocenters. The van der Waals surface area contributed by atoms with E-state index < -0.39 is 0 Å². The molecule has 4 nitrogen and oxygen atoms in total. The van der Waals surface area contributed by atoms with Gasteiger partial charge in [0.25, 0.3) is 0 Å². The summed E-state index contributed by atoms with van der Waals surface area (Å²) < 4.78 is 0. The van der Waals surface area contributed by atoms with Gasteiger partial charge in [0.2, 0.25) is 0 Å². The van der Waals surface area contributed by atoms with Gasteiger partial charge >= 0.3 is 0 Å². The van der Waals surface area contributed by atoms with Gasteiger partial charge in [-0.1, -0.05) is 11.6 Å². The minimum atomic E-state index is -0.263. The third-order valence-electron chi connectivity index (χ3n) is 3.92. The van der Waals surface area contributed by atoms with Crippen LogP contribution in [-0.2, 0) is 0 Å². The van der Waals surface area contributed by atoms with Gasteiger partial charge in [-0.25, -0.2) is 0 Å². The Morgan fingerprint density at radius 3 is 2.71 bits per heavy atom. The third-order valence-corrected chi connectivity index (χ3v) is 4.15. The van der Waals surface area contributed by atoms with Crippen LogP contribution in [0.4, 0.5) is 5.69 Å². The molecule has 112 valence electrons. The van der Waals surface area contributed by atoms with Crippen LogP contribution in [0.15, 0.2) is 30.5 Å². The lowest BCUT2D eigenvalue weighted by atomic mass is 10.1. The quantitative estimate of drug-likeness (QED) is 0.945. The molecular formula is C16H20ClN3O. The predicted octanol–water partition coefficient (Wildman–Crippen LogP) is 2.39. The fraction of sp³-hybridized carbons (Fsp3) is 0.438. The summed E-state index contributed by atoms with van der Waals surface area (Å²) in [5, 5.41) is 11.3. The minimum Gasteiger partial charge on any atom is -0.392 e. The monoisotopic (exact) mass is 305 g/mol. The van der Waals surface area contributed by atoms with Crippen molar-refractivity contribution in [2.24, 2.45) is 0 Å². The van der Waals surface area contributed by atoms with Gasteiger partial charge in [-0.05, 0) is 31.2 Å². The lowest BCUT2D eigenvalue weighted by molar-refractivity contribution is 0.123. The number of benzene rings is 1. The normalized spacial score (nSPS) is 18.1. The Morgan fingerprint density at radius 2 is 2.00 bits per heavy atom. The number of aliphatic hydroxyl groups excluding tert-OH is 1. The van der Waals surface area contributed by atoms with Gasteiger partial charge in [-0.3, -0.25) is 9.88 Å². The van der Waals surface area contributed by atoms with Gasteiger partial charge in [-0.2, -0.15) is 0 Å². The van der Waals surface area contributed by atoms with Gasteiger partial charge in [0.15, 0.2) is 0 Å². The Balaban J connectivity index is 1.79. The number of piperazine rings is 1. The second kappa shape index (κ2) is 6.18. The van der Waals surface area contributed by atoms with Crippen molar-refractivity contribution in [3.8, 4) is 0 Å². The molecule has 21 heavy (non-hydrogen) atoms. The highest BCUT2D eigenvalue weighted by atomic mass is 35.5. The molecule has 0 saturated carbocycles. The van der Waals surface area contributed by atoms with E-state index in [1.807, 2.05) is 31.3 Å². The highest BCUT2D eigenvalue weighted by Crippen LogP contribution is 2.28. The summed E-state index contributed by atoms with van der Waals surface area (Å²) in [5.41, 5.74) is 2.15. The predicted molar refractivity (Wildman–Crippen MR) is 87.1 cm³/mol. The van der Waals surface area contributed by atoms with E-state index in [1.165, 1.54) is 5.69 Å². The van der Waals surface area contributed by atoms with E-state index >= 15 is 0 Å². The van der Waals surface area contributed by atoms with Gasteiger partial charge in [0.1, 0.15) is 0 Å². The molecule has 0 aliphatic carbocycles. The largest absolute Gasteiger partial charge is 0.392 e. The van der Waals surface area contributed by atoms with E-state index in [0.29, 0.717) is 5.02 Å². The van der Waals surface area contributed by atoms with Crippen LogP contribution < -0.4 is 4.90 Å². The molecule has 0 bridgehead atoms. The van der Waals surface area contributed by atoms with Gasteiger partial charge in [-0.15, -0.1) is 0 Å². The molecule has 1 fully saturated rings. The third kappa shape index (κ3) is 3.28. The molecule has 1 N–H and O–H groups in total. The number of hydrogen-bond donors (Lipinski definition) is 1. The number of nitrogens with zero attached hydrogens (tertiary/aromatic N) is 3. The molecule has 2 heterocycles. The second-order valence-electron chi connectivity index (χ2n) is 5.63. The molecule has 0 radical (unpaired) electrons. The number of hydrogen-bond acceptors (Lipinski definition) is 4. The van der Waals surface area contributed by atoms with Crippen molar-refractivity contribution in [2.45, 2.75) is 13.0 Å². The van der Waals surface area contributed by atoms with Crippen molar-refractivity contribution >= 4 is 28.2 Å². The van der Waals surface area contributed by atoms with Crippen LogP contribution >= 0.6 is 11.6 Å². The van der Waals surface area contributed by atoms with E-state index in [1.54, 1.807) is 0 Å². The maximum atomic E-state index is 9.48. The highest BCUT2D eigenvalue weighted by Gasteiger charge is 2.19. The van der Waals surface area contributed by atoms with E-state index in [-0.39, 0.29) is 6.10 Å². The summed E-state index contributed by atoms with van der Waals surface area (Å²) in [7, 11) is 0. The van der Waals surface area contributed by atoms with Crippen LogP contribution in [0.25, 0.3) is 10.9 Å². The summed E-state index contributed by atoms with van der Waals surface area (Å²) in [6.45, 7) is 6.47. The van der Waals surface area contributed by atoms with Crippen molar-refractivity contribution in [3.05, 3.63) is 35.5 Å².